The van der Waals surface area contributed by atoms with Crippen molar-refractivity contribution >= 4 is 10.1 Å². The highest BCUT2D eigenvalue weighted by atomic mass is 32.2. The molecule has 0 saturated carbocycles. The predicted octanol–water partition coefficient (Wildman–Crippen LogP) is 14.4. The normalized spacial score (nSPS) is 12.9. The van der Waals surface area contributed by atoms with Gasteiger partial charge in [-0.25, -0.2) is 4.48 Å². The molecule has 0 spiro atoms. The molecule has 5 heteroatoms. The smallest absolute Gasteiger partial charge is 0.265 e. The van der Waals surface area contributed by atoms with Gasteiger partial charge in [-0.05, 0) is 56.8 Å². The van der Waals surface area contributed by atoms with Gasteiger partial charge in [0, 0.05) is 6.42 Å². The molecule has 0 atom stereocenters. The van der Waals surface area contributed by atoms with Crippen LogP contribution in [0.25, 0.3) is 0 Å². The first-order valence-corrected chi connectivity index (χ1v) is 22.4. The Morgan fingerprint density at radius 2 is 0.660 bits per heavy atom. The number of hydrogen-bond acceptors (Lipinski definition) is 2. The van der Waals surface area contributed by atoms with Crippen LogP contribution in [0.4, 0.5) is 0 Å². The monoisotopic (exact) mass is 681 g/mol. The van der Waals surface area contributed by atoms with Crippen molar-refractivity contribution in [2.24, 2.45) is 0 Å². The molecule has 47 heavy (non-hydrogen) atoms. The molecule has 1 N–H and O–H groups in total. The van der Waals surface area contributed by atoms with Crippen molar-refractivity contribution in [3.05, 3.63) is 36.8 Å². The number of quaternary nitrogens is 1. The van der Waals surface area contributed by atoms with Crippen LogP contribution >= 0.6 is 0 Å². The van der Waals surface area contributed by atoms with Gasteiger partial charge in [0.25, 0.3) is 10.1 Å². The van der Waals surface area contributed by atoms with Crippen molar-refractivity contribution in [1.82, 2.24) is 0 Å². The lowest BCUT2D eigenvalue weighted by atomic mass is 10.1. The molecule has 0 heterocycles. The van der Waals surface area contributed by atoms with Gasteiger partial charge < -0.3 is 0 Å². The summed E-state index contributed by atoms with van der Waals surface area (Å²) in [6.45, 7) is 7.47. The zero-order valence-corrected chi connectivity index (χ0v) is 32.7. The van der Waals surface area contributed by atoms with E-state index in [1.54, 1.807) is 0 Å². The number of allylic oxidation sites excluding steroid dienone is 3. The third-order valence-electron chi connectivity index (χ3n) is 9.52. The lowest BCUT2D eigenvalue weighted by Gasteiger charge is -2.27. The molecular formula is C42H82NO3S+. The zero-order chi connectivity index (χ0) is 34.6. The standard InChI is InChI=1S/C42H81NO3S/c1-4-7-10-13-16-19-22-25-28-31-34-38-43(41-37-42-47(44,45)46,39-35-32-29-26-23-20-17-14-11-8-5-2)40-36-33-30-27-24-21-18-15-12-9-6-3/h34-36,38-40H,4-33,37,41-42H2,1-3H3/p+1/b38-34+,39-35+,40-36+. The van der Waals surface area contributed by atoms with Gasteiger partial charge in [0.15, 0.2) is 0 Å². The average Bonchev–Trinajstić information content (AvgIpc) is 3.04. The van der Waals surface area contributed by atoms with Gasteiger partial charge in [-0.15, -0.1) is 0 Å². The summed E-state index contributed by atoms with van der Waals surface area (Å²) in [6.07, 6.45) is 53.4. The molecule has 0 aromatic heterocycles. The van der Waals surface area contributed by atoms with E-state index in [0.717, 1.165) is 19.3 Å². The molecule has 0 bridgehead atoms. The van der Waals surface area contributed by atoms with Crippen LogP contribution in [0, 0.1) is 0 Å². The van der Waals surface area contributed by atoms with Crippen LogP contribution < -0.4 is 0 Å². The summed E-state index contributed by atoms with van der Waals surface area (Å²) in [4.78, 5) is 0. The first-order valence-electron chi connectivity index (χ1n) is 20.7. The summed E-state index contributed by atoms with van der Waals surface area (Å²) >= 11 is 0. The maximum absolute atomic E-state index is 11.6. The Bertz CT molecular complexity index is 754. The van der Waals surface area contributed by atoms with Crippen molar-refractivity contribution in [1.29, 1.82) is 0 Å². The van der Waals surface area contributed by atoms with Gasteiger partial charge in [-0.3, -0.25) is 4.55 Å². The molecule has 0 unspecified atom stereocenters. The fraction of sp³-hybridized carbons (Fsp3) is 0.857. The minimum Gasteiger partial charge on any atom is -0.286 e. The van der Waals surface area contributed by atoms with E-state index in [0.29, 0.717) is 17.4 Å². The van der Waals surface area contributed by atoms with E-state index in [-0.39, 0.29) is 5.75 Å². The van der Waals surface area contributed by atoms with Crippen LogP contribution in [0.1, 0.15) is 220 Å². The number of unbranched alkanes of at least 4 members (excludes halogenated alkanes) is 27. The molecule has 0 saturated heterocycles. The maximum atomic E-state index is 11.6. The molecule has 0 aromatic carbocycles. The Morgan fingerprint density at radius 1 is 0.404 bits per heavy atom. The van der Waals surface area contributed by atoms with E-state index in [4.69, 9.17) is 0 Å². The Hall–Kier alpha value is -0.910. The molecular weight excluding hydrogens is 599 g/mol. The Kier molecular flexibility index (Phi) is 34.3. The van der Waals surface area contributed by atoms with Crippen LogP contribution in [0.15, 0.2) is 36.8 Å². The summed E-state index contributed by atoms with van der Waals surface area (Å²) in [7, 11) is -3.97. The van der Waals surface area contributed by atoms with Crippen molar-refractivity contribution < 1.29 is 17.5 Å². The molecule has 0 aliphatic heterocycles. The quantitative estimate of drug-likeness (QED) is 0.0404. The lowest BCUT2D eigenvalue weighted by molar-refractivity contribution is -0.773. The number of rotatable bonds is 37. The van der Waals surface area contributed by atoms with E-state index < -0.39 is 10.1 Å². The number of nitrogens with zero attached hydrogens (tertiary/aromatic N) is 1. The highest BCUT2D eigenvalue weighted by Crippen LogP contribution is 2.19. The number of hydrogen-bond donors (Lipinski definition) is 1. The van der Waals surface area contributed by atoms with Crippen molar-refractivity contribution in [2.75, 3.05) is 12.3 Å². The molecule has 0 rings (SSSR count). The highest BCUT2D eigenvalue weighted by molar-refractivity contribution is 7.85. The van der Waals surface area contributed by atoms with E-state index in [9.17, 15) is 13.0 Å². The molecule has 0 aromatic rings. The third-order valence-corrected chi connectivity index (χ3v) is 10.3. The van der Waals surface area contributed by atoms with Crippen molar-refractivity contribution in [3.63, 3.8) is 0 Å². The maximum Gasteiger partial charge on any atom is 0.265 e. The summed E-state index contributed by atoms with van der Waals surface area (Å²) in [5.74, 6) is -0.183. The Labute approximate surface area is 295 Å². The van der Waals surface area contributed by atoms with Gasteiger partial charge in [-0.2, -0.15) is 8.42 Å². The summed E-state index contributed by atoms with van der Waals surface area (Å²) in [6, 6.07) is 0. The van der Waals surface area contributed by atoms with Gasteiger partial charge in [0.2, 0.25) is 0 Å². The Morgan fingerprint density at radius 3 is 0.915 bits per heavy atom. The molecule has 278 valence electrons. The minimum atomic E-state index is -3.97. The van der Waals surface area contributed by atoms with Crippen LogP contribution in [0.5, 0.6) is 0 Å². The summed E-state index contributed by atoms with van der Waals surface area (Å²) in [5.41, 5.74) is 0. The Balaban J connectivity index is 5.09. The predicted molar refractivity (Wildman–Crippen MR) is 209 cm³/mol. The minimum absolute atomic E-state index is 0.183. The second-order valence-corrected chi connectivity index (χ2v) is 15.9. The molecule has 0 amide bonds. The fourth-order valence-corrected chi connectivity index (χ4v) is 6.92. The third kappa shape index (κ3) is 34.7. The largest absolute Gasteiger partial charge is 0.286 e. The van der Waals surface area contributed by atoms with E-state index in [1.807, 2.05) is 0 Å². The van der Waals surface area contributed by atoms with Crippen molar-refractivity contribution in [2.45, 2.75) is 220 Å². The van der Waals surface area contributed by atoms with Gasteiger partial charge >= 0.3 is 0 Å². The second-order valence-electron chi connectivity index (χ2n) is 14.4. The van der Waals surface area contributed by atoms with E-state index in [1.165, 1.54) is 173 Å². The van der Waals surface area contributed by atoms with Crippen molar-refractivity contribution in [3.8, 4) is 0 Å². The SMILES string of the molecule is CCCCCCCCCCC/C=C/[N+](/C=C/CCCCCCCCCCC)(/C=C/CCCCCCCCCCC)CCCS(=O)(=O)O. The lowest BCUT2D eigenvalue weighted by Crippen LogP contribution is -2.33. The highest BCUT2D eigenvalue weighted by Gasteiger charge is 2.20. The average molecular weight is 681 g/mol. The first-order chi connectivity index (χ1) is 22.9. The van der Waals surface area contributed by atoms with Gasteiger partial charge in [0.1, 0.15) is 18.6 Å². The molecule has 0 radical (unpaired) electrons. The first kappa shape index (κ1) is 46.1. The molecule has 4 nitrogen and oxygen atoms in total. The molecule has 0 aliphatic carbocycles. The van der Waals surface area contributed by atoms with Crippen LogP contribution in [-0.4, -0.2) is 29.8 Å². The second kappa shape index (κ2) is 34.9. The summed E-state index contributed by atoms with van der Waals surface area (Å²) < 4.78 is 33.2. The molecule has 0 aliphatic rings. The van der Waals surface area contributed by atoms with Crippen LogP contribution in [0.2, 0.25) is 0 Å². The van der Waals surface area contributed by atoms with E-state index >= 15 is 0 Å². The van der Waals surface area contributed by atoms with Crippen LogP contribution in [-0.2, 0) is 10.1 Å². The van der Waals surface area contributed by atoms with Gasteiger partial charge in [0.05, 0.1) is 12.3 Å². The van der Waals surface area contributed by atoms with Crippen LogP contribution in [0.3, 0.4) is 0 Å². The molecule has 0 fully saturated rings. The fourth-order valence-electron chi connectivity index (χ4n) is 6.42. The van der Waals surface area contributed by atoms with E-state index in [2.05, 4.69) is 57.6 Å². The summed E-state index contributed by atoms with van der Waals surface area (Å²) in [5, 5.41) is 0. The topological polar surface area (TPSA) is 54.4 Å². The zero-order valence-electron chi connectivity index (χ0n) is 31.9. The van der Waals surface area contributed by atoms with Gasteiger partial charge in [-0.1, -0.05) is 175 Å².